The van der Waals surface area contributed by atoms with Crippen LogP contribution < -0.4 is 88.7 Å². The number of nitriles is 1. The van der Waals surface area contributed by atoms with Gasteiger partial charge in [0.1, 0.15) is 0 Å². The average Bonchev–Trinajstić information content (AvgIpc) is 1.61. The fourth-order valence-corrected chi connectivity index (χ4v) is 0.163. The smallest absolute Gasteiger partial charge is 1.00 e. The van der Waals surface area contributed by atoms with Crippen molar-refractivity contribution >= 4 is 5.97 Å². The topological polar surface area (TPSA) is 61.1 Å². The van der Waals surface area contributed by atoms with Crippen molar-refractivity contribution in [3.63, 3.8) is 0 Å². The Morgan fingerprint density at radius 3 is 2.00 bits per heavy atom. The second-order valence-corrected chi connectivity index (χ2v) is 1.05. The van der Waals surface area contributed by atoms with Crippen molar-refractivity contribution in [2.45, 2.75) is 12.8 Å². The molecule has 0 radical (unpaired) electrons. The van der Waals surface area contributed by atoms with Crippen LogP contribution in [-0.4, -0.2) is 11.1 Å². The minimum atomic E-state index is -0.915. The number of nitrogens with zero attached hydrogens (tertiary/aromatic N) is 1. The van der Waals surface area contributed by atoms with Crippen molar-refractivity contribution in [1.29, 1.82) is 5.26 Å². The van der Waals surface area contributed by atoms with Crippen LogP contribution >= 0.6 is 0 Å². The number of rotatable bonds is 2. The fourth-order valence-electron chi connectivity index (χ4n) is 0.163. The predicted octanol–water partition coefficient (Wildman–Crippen LogP) is -8.28. The van der Waals surface area contributed by atoms with Crippen molar-refractivity contribution in [1.82, 2.24) is 0 Å². The van der Waals surface area contributed by atoms with Gasteiger partial charge < -0.3 is 9.39 Å². The molecule has 3 nitrogen and oxygen atoms in total. The molecule has 44 valence electrons. The van der Waals surface area contributed by atoms with Gasteiger partial charge in [-0.15, -0.1) is 0 Å². The summed E-state index contributed by atoms with van der Waals surface area (Å²) < 4.78 is 0. The van der Waals surface area contributed by atoms with E-state index in [1.807, 2.05) is 0 Å². The molecule has 0 heterocycles. The molecule has 0 spiro atoms. The molecule has 0 fully saturated rings. The zero-order valence-corrected chi connectivity index (χ0v) is 12.7. The first-order chi connectivity index (χ1) is 3.27. The Labute approximate surface area is 131 Å². The molecular weight excluding hydrogens is 163 g/mol. The number of carbonyl (C=O) groups is 1. The first kappa shape index (κ1) is 22.7. The van der Waals surface area contributed by atoms with E-state index in [1.165, 1.54) is 0 Å². The molecule has 6 heteroatoms. The molecule has 0 aromatic carbocycles. The standard InChI is InChI=1S/C4H5NO2.3Na.3H/c5-3-1-2-4(6)7;;;;;;/h1-2H2,(H,6,7);;;;;;/q;3*+1;3*-1. The van der Waals surface area contributed by atoms with E-state index >= 15 is 0 Å². The first-order valence-electron chi connectivity index (χ1n) is 1.86. The van der Waals surface area contributed by atoms with E-state index in [2.05, 4.69) is 0 Å². The maximum atomic E-state index is 9.61. The van der Waals surface area contributed by atoms with Crippen molar-refractivity contribution in [3.05, 3.63) is 0 Å². The zero-order chi connectivity index (χ0) is 5.70. The van der Waals surface area contributed by atoms with Crippen LogP contribution in [0.25, 0.3) is 0 Å². The zero-order valence-electron chi connectivity index (χ0n) is 9.72. The van der Waals surface area contributed by atoms with Crippen LogP contribution in [0.5, 0.6) is 0 Å². The van der Waals surface area contributed by atoms with Gasteiger partial charge in [0.15, 0.2) is 0 Å². The van der Waals surface area contributed by atoms with Gasteiger partial charge in [-0.1, -0.05) is 0 Å². The molecule has 0 saturated carbocycles. The third-order valence-electron chi connectivity index (χ3n) is 0.451. The van der Waals surface area contributed by atoms with E-state index in [0.717, 1.165) is 0 Å². The molecule has 0 unspecified atom stereocenters. The second-order valence-electron chi connectivity index (χ2n) is 1.05. The van der Waals surface area contributed by atoms with Crippen molar-refractivity contribution < 1.29 is 103 Å². The summed E-state index contributed by atoms with van der Waals surface area (Å²) in [5, 5.41) is 15.7. The van der Waals surface area contributed by atoms with Crippen LogP contribution in [0.1, 0.15) is 17.1 Å². The van der Waals surface area contributed by atoms with Crippen molar-refractivity contribution in [3.8, 4) is 6.07 Å². The number of carboxylic acids is 1. The quantitative estimate of drug-likeness (QED) is 0.420. The van der Waals surface area contributed by atoms with E-state index in [-0.39, 0.29) is 106 Å². The summed E-state index contributed by atoms with van der Waals surface area (Å²) in [6, 6.07) is 1.72. The molecule has 0 atom stereocenters. The Morgan fingerprint density at radius 1 is 1.50 bits per heavy atom. The maximum absolute atomic E-state index is 9.61. The minimum Gasteiger partial charge on any atom is -1.00 e. The summed E-state index contributed by atoms with van der Waals surface area (Å²) in [6.45, 7) is 0. The van der Waals surface area contributed by atoms with Gasteiger partial charge in [0.2, 0.25) is 0 Å². The van der Waals surface area contributed by atoms with Gasteiger partial charge in [-0.05, 0) is 0 Å². The summed E-state index contributed by atoms with van der Waals surface area (Å²) in [5.74, 6) is -0.915. The molecule has 0 aromatic rings. The van der Waals surface area contributed by atoms with Gasteiger partial charge in [-0.25, -0.2) is 0 Å². The summed E-state index contributed by atoms with van der Waals surface area (Å²) >= 11 is 0. The van der Waals surface area contributed by atoms with Crippen LogP contribution in [0.2, 0.25) is 0 Å². The molecule has 0 aliphatic heterocycles. The SMILES string of the molecule is N#CCCC(=O)O.[H-].[H-].[H-].[Na+].[Na+].[Na+]. The normalized spacial score (nSPS) is 5.10. The monoisotopic (exact) mass is 171 g/mol. The fraction of sp³-hybridized carbons (Fsp3) is 0.500. The largest absolute Gasteiger partial charge is 1.00 e. The number of carboxylic acid groups (broad SMARTS) is 1. The molecule has 0 rings (SSSR count). The molecule has 0 bridgehead atoms. The van der Waals surface area contributed by atoms with E-state index in [0.29, 0.717) is 0 Å². The Balaban J connectivity index is -0.0000000120. The van der Waals surface area contributed by atoms with Crippen LogP contribution in [-0.2, 0) is 4.79 Å². The predicted molar refractivity (Wildman–Crippen MR) is 25.8 cm³/mol. The Kier molecular flexibility index (Phi) is 38.9. The van der Waals surface area contributed by atoms with E-state index < -0.39 is 5.97 Å². The van der Waals surface area contributed by atoms with E-state index in [1.54, 1.807) is 6.07 Å². The molecule has 1 N–H and O–H groups in total. The van der Waals surface area contributed by atoms with Gasteiger partial charge in [0, 0.05) is 6.42 Å². The minimum absolute atomic E-state index is 0. The number of hydrogen-bond donors (Lipinski definition) is 1. The molecule has 0 amide bonds. The van der Waals surface area contributed by atoms with Gasteiger partial charge in [-0.3, -0.25) is 4.79 Å². The molecule has 0 aliphatic rings. The summed E-state index contributed by atoms with van der Waals surface area (Å²) in [5.41, 5.74) is 0. The molecule has 0 saturated heterocycles. The summed E-state index contributed by atoms with van der Waals surface area (Å²) in [4.78, 5) is 9.61. The molecule has 10 heavy (non-hydrogen) atoms. The van der Waals surface area contributed by atoms with Gasteiger partial charge in [0.25, 0.3) is 0 Å². The Bertz CT molecular complexity index is 122. The van der Waals surface area contributed by atoms with Crippen molar-refractivity contribution in [2.75, 3.05) is 0 Å². The van der Waals surface area contributed by atoms with E-state index in [4.69, 9.17) is 10.4 Å². The molecular formula is C4H8NNa3O2. The van der Waals surface area contributed by atoms with E-state index in [9.17, 15) is 4.79 Å². The van der Waals surface area contributed by atoms with Gasteiger partial charge in [0.05, 0.1) is 12.5 Å². The second kappa shape index (κ2) is 17.2. The van der Waals surface area contributed by atoms with Crippen LogP contribution in [0.15, 0.2) is 0 Å². The first-order valence-corrected chi connectivity index (χ1v) is 1.86. The third-order valence-corrected chi connectivity index (χ3v) is 0.451. The maximum Gasteiger partial charge on any atom is 1.00 e. The number of aliphatic carboxylic acids is 1. The van der Waals surface area contributed by atoms with Gasteiger partial charge >= 0.3 is 94.6 Å². The van der Waals surface area contributed by atoms with Crippen molar-refractivity contribution in [2.24, 2.45) is 0 Å². The van der Waals surface area contributed by atoms with Crippen LogP contribution in [0.3, 0.4) is 0 Å². The Morgan fingerprint density at radius 2 is 1.90 bits per heavy atom. The number of hydrogen-bond acceptors (Lipinski definition) is 2. The summed E-state index contributed by atoms with van der Waals surface area (Å²) in [6.07, 6.45) is 0.0613. The third kappa shape index (κ3) is 22.5. The molecule has 0 aliphatic carbocycles. The Hall–Kier alpha value is 1.96. The van der Waals surface area contributed by atoms with Crippen LogP contribution in [0.4, 0.5) is 0 Å². The van der Waals surface area contributed by atoms with Crippen LogP contribution in [0, 0.1) is 11.3 Å². The summed E-state index contributed by atoms with van der Waals surface area (Å²) in [7, 11) is 0. The van der Waals surface area contributed by atoms with Gasteiger partial charge in [-0.2, -0.15) is 5.26 Å². The average molecular weight is 171 g/mol. The molecule has 0 aromatic heterocycles.